The highest BCUT2D eigenvalue weighted by Crippen LogP contribution is 2.57. The number of alkyl carbamates (subject to hydrolysis) is 1. The van der Waals surface area contributed by atoms with Crippen LogP contribution >= 0.6 is 34.8 Å². The van der Waals surface area contributed by atoms with Crippen LogP contribution in [0.4, 0.5) is 4.79 Å². The lowest BCUT2D eigenvalue weighted by atomic mass is 9.54. The zero-order chi connectivity index (χ0) is 35.3. The van der Waals surface area contributed by atoms with Gasteiger partial charge in [0, 0.05) is 0 Å². The quantitative estimate of drug-likeness (QED) is 0.165. The summed E-state index contributed by atoms with van der Waals surface area (Å²) in [6.07, 6.45) is 3.05. The first kappa shape index (κ1) is 36.9. The van der Waals surface area contributed by atoms with E-state index in [1.54, 1.807) is 0 Å². The highest BCUT2D eigenvalue weighted by molar-refractivity contribution is 6.67. The molecule has 4 bridgehead atoms. The number of halogens is 3. The standard InChI is InChI=1S/C40H46Cl3NO7/c41-40(42,43)26-49-38(45)44-34-36(48-24-29-14-8-3-9-15-29)35(47-23-28-12-6-2-7-13-28)33(25-46-22-27-10-4-1-5-11-27)50-37(34)51-39-19-30-16-31(20-39)18-32(17-30)21-39/h1-15,30-37H,16-26H2,(H,44,45)/t30?,31?,32?,33-,34-,35-,36-,37-,39?/m1/s1. The van der Waals surface area contributed by atoms with Crippen molar-refractivity contribution >= 4 is 40.9 Å². The number of rotatable bonds is 14. The molecule has 5 atom stereocenters. The highest BCUT2D eigenvalue weighted by atomic mass is 35.6. The Morgan fingerprint density at radius 2 is 1.22 bits per heavy atom. The average Bonchev–Trinajstić information content (AvgIpc) is 3.11. The van der Waals surface area contributed by atoms with Crippen molar-refractivity contribution in [2.75, 3.05) is 13.2 Å². The van der Waals surface area contributed by atoms with E-state index in [1.165, 1.54) is 19.3 Å². The van der Waals surface area contributed by atoms with Gasteiger partial charge in [-0.1, -0.05) is 126 Å². The van der Waals surface area contributed by atoms with Gasteiger partial charge in [-0.05, 0) is 73.0 Å². The summed E-state index contributed by atoms with van der Waals surface area (Å²) in [5, 5.41) is 3.01. The van der Waals surface area contributed by atoms with Crippen LogP contribution in [0.3, 0.4) is 0 Å². The molecule has 1 saturated heterocycles. The molecular weight excluding hydrogens is 713 g/mol. The molecule has 3 aromatic carbocycles. The van der Waals surface area contributed by atoms with Gasteiger partial charge in [0.05, 0.1) is 32.0 Å². The van der Waals surface area contributed by atoms with Gasteiger partial charge in [0.1, 0.15) is 31.0 Å². The predicted molar refractivity (Wildman–Crippen MR) is 195 cm³/mol. The van der Waals surface area contributed by atoms with Gasteiger partial charge in [-0.15, -0.1) is 0 Å². The number of benzene rings is 3. The van der Waals surface area contributed by atoms with Gasteiger partial charge in [0.25, 0.3) is 0 Å². The van der Waals surface area contributed by atoms with Gasteiger partial charge in [-0.3, -0.25) is 0 Å². The van der Waals surface area contributed by atoms with E-state index in [2.05, 4.69) is 5.32 Å². The minimum absolute atomic E-state index is 0.213. The average molecular weight is 759 g/mol. The molecule has 0 unspecified atom stereocenters. The molecular formula is C40H46Cl3NO7. The number of hydrogen-bond acceptors (Lipinski definition) is 7. The number of amides is 1. The van der Waals surface area contributed by atoms with Crippen molar-refractivity contribution < 1.29 is 33.2 Å². The van der Waals surface area contributed by atoms with Crippen molar-refractivity contribution in [3.63, 3.8) is 0 Å². The number of carbonyl (C=O) groups is 1. The second-order valence-electron chi connectivity index (χ2n) is 14.6. The summed E-state index contributed by atoms with van der Waals surface area (Å²) in [7, 11) is 0. The fourth-order valence-electron chi connectivity index (χ4n) is 8.84. The van der Waals surface area contributed by atoms with Crippen molar-refractivity contribution in [1.82, 2.24) is 5.32 Å². The molecule has 5 fully saturated rings. The number of nitrogens with one attached hydrogen (secondary N) is 1. The van der Waals surface area contributed by atoms with Crippen LogP contribution < -0.4 is 5.32 Å². The molecule has 8 nitrogen and oxygen atoms in total. The van der Waals surface area contributed by atoms with E-state index in [0.717, 1.165) is 36.0 Å². The van der Waals surface area contributed by atoms with Gasteiger partial charge in [0.2, 0.25) is 3.79 Å². The molecule has 3 aromatic rings. The minimum atomic E-state index is -1.78. The van der Waals surface area contributed by atoms with E-state index in [1.807, 2.05) is 91.0 Å². The van der Waals surface area contributed by atoms with E-state index in [4.69, 9.17) is 63.2 Å². The Hall–Kier alpha value is -2.40. The summed E-state index contributed by atoms with van der Waals surface area (Å²) in [4.78, 5) is 13.4. The third kappa shape index (κ3) is 9.98. The summed E-state index contributed by atoms with van der Waals surface area (Å²) < 4.78 is 37.5. The summed E-state index contributed by atoms with van der Waals surface area (Å²) >= 11 is 17.9. The number of carbonyl (C=O) groups excluding carboxylic acids is 1. The van der Waals surface area contributed by atoms with Gasteiger partial charge >= 0.3 is 6.09 Å². The largest absolute Gasteiger partial charge is 0.445 e. The van der Waals surface area contributed by atoms with Gasteiger partial charge in [0.15, 0.2) is 6.29 Å². The Labute approximate surface area is 315 Å². The monoisotopic (exact) mass is 757 g/mol. The van der Waals surface area contributed by atoms with Crippen molar-refractivity contribution in [1.29, 1.82) is 0 Å². The molecule has 274 valence electrons. The van der Waals surface area contributed by atoms with Crippen molar-refractivity contribution in [2.24, 2.45) is 17.8 Å². The molecule has 1 N–H and O–H groups in total. The minimum Gasteiger partial charge on any atom is -0.445 e. The first-order valence-corrected chi connectivity index (χ1v) is 19.1. The van der Waals surface area contributed by atoms with Crippen molar-refractivity contribution in [2.45, 2.75) is 98.4 Å². The lowest BCUT2D eigenvalue weighted by Gasteiger charge is -2.58. The maximum atomic E-state index is 13.4. The Morgan fingerprint density at radius 1 is 0.725 bits per heavy atom. The molecule has 0 aromatic heterocycles. The normalized spacial score (nSPS) is 31.4. The summed E-state index contributed by atoms with van der Waals surface area (Å²) in [5.41, 5.74) is 2.66. The Bertz CT molecular complexity index is 1510. The van der Waals surface area contributed by atoms with Crippen LogP contribution in [0.5, 0.6) is 0 Å². The van der Waals surface area contributed by atoms with Crippen LogP contribution in [0.1, 0.15) is 55.2 Å². The van der Waals surface area contributed by atoms with E-state index < -0.39 is 47.1 Å². The molecule has 0 radical (unpaired) electrons. The molecule has 1 heterocycles. The third-order valence-electron chi connectivity index (χ3n) is 10.6. The number of hydrogen-bond donors (Lipinski definition) is 1. The molecule has 0 spiro atoms. The fraction of sp³-hybridized carbons (Fsp3) is 0.525. The second kappa shape index (κ2) is 16.7. The lowest BCUT2D eigenvalue weighted by Crippen LogP contribution is -2.68. The molecule has 8 rings (SSSR count). The molecule has 1 amide bonds. The van der Waals surface area contributed by atoms with E-state index in [-0.39, 0.29) is 18.8 Å². The zero-order valence-corrected chi connectivity index (χ0v) is 30.8. The van der Waals surface area contributed by atoms with Gasteiger partial charge < -0.3 is 33.7 Å². The van der Waals surface area contributed by atoms with Gasteiger partial charge in [-0.2, -0.15) is 0 Å². The zero-order valence-electron chi connectivity index (χ0n) is 28.5. The number of alkyl halides is 3. The van der Waals surface area contributed by atoms with Crippen LogP contribution in [-0.2, 0) is 48.2 Å². The maximum Gasteiger partial charge on any atom is 0.407 e. The fourth-order valence-corrected chi connectivity index (χ4v) is 9.00. The lowest BCUT2D eigenvalue weighted by molar-refractivity contribution is -0.329. The predicted octanol–water partition coefficient (Wildman–Crippen LogP) is 8.55. The third-order valence-corrected chi connectivity index (χ3v) is 10.9. The molecule has 5 aliphatic rings. The van der Waals surface area contributed by atoms with Crippen LogP contribution in [0.15, 0.2) is 91.0 Å². The maximum absolute atomic E-state index is 13.4. The molecule has 11 heteroatoms. The van der Waals surface area contributed by atoms with Crippen LogP contribution in [-0.4, -0.2) is 59.3 Å². The van der Waals surface area contributed by atoms with E-state index >= 15 is 0 Å². The Kier molecular flexibility index (Phi) is 12.1. The Morgan fingerprint density at radius 3 is 1.73 bits per heavy atom. The second-order valence-corrected chi connectivity index (χ2v) is 17.2. The highest BCUT2D eigenvalue weighted by Gasteiger charge is 2.56. The van der Waals surface area contributed by atoms with Crippen LogP contribution in [0.25, 0.3) is 0 Å². The van der Waals surface area contributed by atoms with Crippen molar-refractivity contribution in [3.05, 3.63) is 108 Å². The van der Waals surface area contributed by atoms with Crippen LogP contribution in [0.2, 0.25) is 0 Å². The molecule has 1 aliphatic heterocycles. The van der Waals surface area contributed by atoms with E-state index in [9.17, 15) is 4.79 Å². The summed E-state index contributed by atoms with van der Waals surface area (Å²) in [5.74, 6) is 1.91. The van der Waals surface area contributed by atoms with Crippen LogP contribution in [0, 0.1) is 17.8 Å². The molecule has 4 saturated carbocycles. The van der Waals surface area contributed by atoms with Gasteiger partial charge in [-0.25, -0.2) is 4.79 Å². The number of ether oxygens (including phenoxy) is 6. The Balaban J connectivity index is 1.20. The van der Waals surface area contributed by atoms with E-state index in [0.29, 0.717) is 31.0 Å². The first-order valence-electron chi connectivity index (χ1n) is 18.0. The summed E-state index contributed by atoms with van der Waals surface area (Å²) in [6.45, 7) is 0.731. The molecule has 4 aliphatic carbocycles. The smallest absolute Gasteiger partial charge is 0.407 e. The summed E-state index contributed by atoms with van der Waals surface area (Å²) in [6, 6.07) is 29.0. The molecule has 51 heavy (non-hydrogen) atoms. The van der Waals surface area contributed by atoms with Crippen molar-refractivity contribution in [3.8, 4) is 0 Å². The topological polar surface area (TPSA) is 84.5 Å². The first-order chi connectivity index (χ1) is 24.7. The SMILES string of the molecule is O=C(N[C@H]1[C@@H](OC23CC4CC(CC(C4)C2)C3)O[C@H](COCc2ccccc2)[C@@H](OCc2ccccc2)[C@@H]1OCc1ccccc1)OCC(Cl)(Cl)Cl.